The molecule has 0 aromatic carbocycles. The average Bonchev–Trinajstić information content (AvgIpc) is 2.47. The van der Waals surface area contributed by atoms with Crippen LogP contribution >= 0.6 is 11.8 Å². The van der Waals surface area contributed by atoms with Crippen molar-refractivity contribution in [2.75, 3.05) is 32.4 Å². The van der Waals surface area contributed by atoms with Crippen LogP contribution in [0.15, 0.2) is 4.99 Å². The number of hydrogen-bond donors (Lipinski definition) is 1. The zero-order chi connectivity index (χ0) is 13.7. The lowest BCUT2D eigenvalue weighted by Crippen LogP contribution is -2.45. The summed E-state index contributed by atoms with van der Waals surface area (Å²) >= 11 is 1.93. The summed E-state index contributed by atoms with van der Waals surface area (Å²) in [4.78, 5) is 7.28. The Bertz CT molecular complexity index is 313. The molecule has 0 aromatic rings. The molecule has 1 saturated heterocycles. The van der Waals surface area contributed by atoms with Crippen molar-refractivity contribution < 1.29 is 0 Å². The Labute approximate surface area is 122 Å². The molecule has 2 aliphatic rings. The standard InChI is InChI=1S/C15H29N3S/c1-4-15(5-2)11-17-14(19-12-15)16-10-13-8-6-7-9-18(13)3/h13H,4-12H2,1-3H3,(H,16,17). The molecule has 1 unspecified atom stereocenters. The third-order valence-corrected chi connectivity index (χ3v) is 6.29. The van der Waals surface area contributed by atoms with Crippen molar-refractivity contribution in [3.05, 3.63) is 0 Å². The molecular weight excluding hydrogens is 254 g/mol. The summed E-state index contributed by atoms with van der Waals surface area (Å²) in [5, 5.41) is 4.76. The van der Waals surface area contributed by atoms with E-state index in [1.807, 2.05) is 11.8 Å². The summed E-state index contributed by atoms with van der Waals surface area (Å²) in [6.07, 6.45) is 6.57. The van der Waals surface area contributed by atoms with Gasteiger partial charge in [-0.3, -0.25) is 4.99 Å². The molecule has 4 heteroatoms. The second-order valence-corrected chi connectivity index (χ2v) is 7.09. The molecule has 1 fully saturated rings. The van der Waals surface area contributed by atoms with Crippen LogP contribution in [0.25, 0.3) is 0 Å². The van der Waals surface area contributed by atoms with Crippen molar-refractivity contribution in [1.82, 2.24) is 10.2 Å². The summed E-state index contributed by atoms with van der Waals surface area (Å²) in [5.41, 5.74) is 0.456. The summed E-state index contributed by atoms with van der Waals surface area (Å²) in [6, 6.07) is 0.695. The number of rotatable bonds is 4. The zero-order valence-corrected chi connectivity index (χ0v) is 13.6. The summed E-state index contributed by atoms with van der Waals surface area (Å²) in [7, 11) is 2.25. The van der Waals surface area contributed by atoms with Gasteiger partial charge in [-0.05, 0) is 44.7 Å². The number of thioether (sulfide) groups is 1. The van der Waals surface area contributed by atoms with Crippen LogP contribution in [-0.2, 0) is 0 Å². The molecule has 0 aromatic heterocycles. The molecule has 0 radical (unpaired) electrons. The van der Waals surface area contributed by atoms with Crippen LogP contribution in [0.2, 0.25) is 0 Å². The molecule has 0 saturated carbocycles. The zero-order valence-electron chi connectivity index (χ0n) is 12.7. The quantitative estimate of drug-likeness (QED) is 0.859. The van der Waals surface area contributed by atoms with Gasteiger partial charge in [0.15, 0.2) is 5.17 Å². The predicted molar refractivity (Wildman–Crippen MR) is 86.0 cm³/mol. The van der Waals surface area contributed by atoms with Crippen LogP contribution in [0.1, 0.15) is 46.0 Å². The SMILES string of the molecule is CCC1(CC)CN=C(NCC2CCCCN2C)SC1. The normalized spacial score (nSPS) is 27.9. The van der Waals surface area contributed by atoms with Gasteiger partial charge in [-0.15, -0.1) is 0 Å². The first-order chi connectivity index (χ1) is 9.19. The third kappa shape index (κ3) is 3.88. The molecule has 3 nitrogen and oxygen atoms in total. The van der Waals surface area contributed by atoms with E-state index < -0.39 is 0 Å². The molecule has 1 N–H and O–H groups in total. The Balaban J connectivity index is 1.79. The van der Waals surface area contributed by atoms with Crippen LogP contribution in [-0.4, -0.2) is 48.5 Å². The summed E-state index contributed by atoms with van der Waals surface area (Å²) < 4.78 is 0. The van der Waals surface area contributed by atoms with Gasteiger partial charge in [0.1, 0.15) is 0 Å². The fourth-order valence-electron chi connectivity index (χ4n) is 2.94. The predicted octanol–water partition coefficient (Wildman–Crippen LogP) is 2.97. The lowest BCUT2D eigenvalue weighted by Gasteiger charge is -2.35. The number of nitrogens with zero attached hydrogens (tertiary/aromatic N) is 2. The van der Waals surface area contributed by atoms with E-state index in [4.69, 9.17) is 4.99 Å². The highest BCUT2D eigenvalue weighted by molar-refractivity contribution is 8.13. The van der Waals surface area contributed by atoms with Gasteiger partial charge < -0.3 is 10.2 Å². The highest BCUT2D eigenvalue weighted by Gasteiger charge is 2.30. The van der Waals surface area contributed by atoms with Crippen LogP contribution in [0.4, 0.5) is 0 Å². The molecule has 0 bridgehead atoms. The van der Waals surface area contributed by atoms with E-state index in [0.29, 0.717) is 11.5 Å². The van der Waals surface area contributed by atoms with Crippen LogP contribution < -0.4 is 5.32 Å². The molecule has 1 atom stereocenters. The Morgan fingerprint density at radius 3 is 2.74 bits per heavy atom. The van der Waals surface area contributed by atoms with Gasteiger partial charge in [0.05, 0.1) is 0 Å². The van der Waals surface area contributed by atoms with Crippen molar-refractivity contribution in [2.24, 2.45) is 10.4 Å². The van der Waals surface area contributed by atoms with E-state index in [0.717, 1.165) is 13.1 Å². The van der Waals surface area contributed by atoms with E-state index in [2.05, 4.69) is 31.1 Å². The largest absolute Gasteiger partial charge is 0.363 e. The molecule has 110 valence electrons. The Morgan fingerprint density at radius 2 is 2.16 bits per heavy atom. The van der Waals surface area contributed by atoms with Gasteiger partial charge in [0.25, 0.3) is 0 Å². The van der Waals surface area contributed by atoms with Crippen molar-refractivity contribution in [1.29, 1.82) is 0 Å². The highest BCUT2D eigenvalue weighted by atomic mass is 32.2. The van der Waals surface area contributed by atoms with E-state index >= 15 is 0 Å². The first kappa shape index (κ1) is 15.2. The molecule has 2 rings (SSSR count). The molecular formula is C15H29N3S. The van der Waals surface area contributed by atoms with E-state index in [-0.39, 0.29) is 0 Å². The van der Waals surface area contributed by atoms with E-state index in [9.17, 15) is 0 Å². The number of piperidine rings is 1. The number of likely N-dealkylation sites (N-methyl/N-ethyl adjacent to an activating group) is 1. The Morgan fingerprint density at radius 1 is 1.37 bits per heavy atom. The summed E-state index contributed by atoms with van der Waals surface area (Å²) in [5.74, 6) is 1.23. The molecule has 0 aliphatic carbocycles. The van der Waals surface area contributed by atoms with Crippen molar-refractivity contribution in [3.8, 4) is 0 Å². The second kappa shape index (κ2) is 6.98. The second-order valence-electron chi connectivity index (χ2n) is 6.13. The summed E-state index contributed by atoms with van der Waals surface area (Å²) in [6.45, 7) is 7.92. The number of hydrogen-bond acceptors (Lipinski definition) is 4. The maximum atomic E-state index is 4.78. The molecule has 2 heterocycles. The molecule has 0 spiro atoms. The lowest BCUT2D eigenvalue weighted by atomic mass is 9.84. The molecule has 0 amide bonds. The number of likely N-dealkylation sites (tertiary alicyclic amines) is 1. The van der Waals surface area contributed by atoms with Crippen molar-refractivity contribution in [2.45, 2.75) is 52.0 Å². The minimum absolute atomic E-state index is 0.456. The Kier molecular flexibility index (Phi) is 5.58. The number of amidine groups is 1. The number of aliphatic imine (C=N–C) groups is 1. The smallest absolute Gasteiger partial charge is 0.156 e. The molecule has 2 aliphatic heterocycles. The van der Waals surface area contributed by atoms with Gasteiger partial charge in [-0.1, -0.05) is 32.0 Å². The highest BCUT2D eigenvalue weighted by Crippen LogP contribution is 2.34. The first-order valence-electron chi connectivity index (χ1n) is 7.80. The monoisotopic (exact) mass is 283 g/mol. The third-order valence-electron chi connectivity index (χ3n) is 4.98. The maximum Gasteiger partial charge on any atom is 0.156 e. The fraction of sp³-hybridized carbons (Fsp3) is 0.933. The van der Waals surface area contributed by atoms with Crippen LogP contribution in [0.3, 0.4) is 0 Å². The van der Waals surface area contributed by atoms with Crippen molar-refractivity contribution >= 4 is 16.9 Å². The minimum atomic E-state index is 0.456. The number of nitrogens with one attached hydrogen (secondary N) is 1. The van der Waals surface area contributed by atoms with Crippen LogP contribution in [0.5, 0.6) is 0 Å². The average molecular weight is 283 g/mol. The fourth-order valence-corrected chi connectivity index (χ4v) is 4.23. The minimum Gasteiger partial charge on any atom is -0.363 e. The van der Waals surface area contributed by atoms with E-state index in [1.165, 1.54) is 49.6 Å². The van der Waals surface area contributed by atoms with E-state index in [1.54, 1.807) is 0 Å². The van der Waals surface area contributed by atoms with Crippen LogP contribution in [0, 0.1) is 5.41 Å². The maximum absolute atomic E-state index is 4.78. The van der Waals surface area contributed by atoms with Gasteiger partial charge in [0, 0.05) is 24.9 Å². The topological polar surface area (TPSA) is 27.6 Å². The lowest BCUT2D eigenvalue weighted by molar-refractivity contribution is 0.187. The van der Waals surface area contributed by atoms with Gasteiger partial charge in [-0.2, -0.15) is 0 Å². The molecule has 19 heavy (non-hydrogen) atoms. The Hall–Kier alpha value is -0.220. The van der Waals surface area contributed by atoms with Gasteiger partial charge in [-0.25, -0.2) is 0 Å². The van der Waals surface area contributed by atoms with Crippen molar-refractivity contribution in [3.63, 3.8) is 0 Å². The first-order valence-corrected chi connectivity index (χ1v) is 8.79. The van der Waals surface area contributed by atoms with Gasteiger partial charge in [0.2, 0.25) is 0 Å². The van der Waals surface area contributed by atoms with Gasteiger partial charge >= 0.3 is 0 Å².